The van der Waals surface area contributed by atoms with Crippen molar-refractivity contribution in [2.24, 2.45) is 0 Å². The molecule has 0 bridgehead atoms. The lowest BCUT2D eigenvalue weighted by Gasteiger charge is -2.06. The van der Waals surface area contributed by atoms with Crippen LogP contribution in [-0.4, -0.2) is 10.4 Å². The van der Waals surface area contributed by atoms with Crippen LogP contribution in [-0.2, 0) is 6.54 Å². The Morgan fingerprint density at radius 1 is 0.778 bits per heavy atom. The quantitative estimate of drug-likeness (QED) is 0.467. The van der Waals surface area contributed by atoms with Crippen LogP contribution in [0.1, 0.15) is 12.8 Å². The Morgan fingerprint density at radius 3 is 1.89 bits per heavy atom. The van der Waals surface area contributed by atoms with E-state index >= 15 is 0 Å². The standard InChI is InChI=1S/C16H16ClN/c17-11-5-6-12-18-15-9-3-1-7-13(15)14-8-2-4-10-16(14)18/h1-4,7-10H,5-6,11-12H2. The minimum absolute atomic E-state index is 0.747. The van der Waals surface area contributed by atoms with E-state index in [9.17, 15) is 0 Å². The molecule has 0 aliphatic carbocycles. The van der Waals surface area contributed by atoms with E-state index in [4.69, 9.17) is 11.6 Å². The summed E-state index contributed by atoms with van der Waals surface area (Å²) in [6, 6.07) is 17.3. The Balaban J connectivity index is 2.18. The predicted molar refractivity (Wildman–Crippen MR) is 79.4 cm³/mol. The van der Waals surface area contributed by atoms with Crippen LogP contribution in [0.15, 0.2) is 48.5 Å². The van der Waals surface area contributed by atoms with Crippen molar-refractivity contribution in [1.29, 1.82) is 0 Å². The SMILES string of the molecule is ClCCCCn1c2ccccc2c2ccccc21. The average Bonchev–Trinajstić information content (AvgIpc) is 2.74. The molecule has 0 aliphatic rings. The normalized spacial score (nSPS) is 11.4. The Hall–Kier alpha value is -1.47. The van der Waals surface area contributed by atoms with E-state index in [0.29, 0.717) is 0 Å². The second-order valence-corrected chi connectivity index (χ2v) is 4.96. The van der Waals surface area contributed by atoms with Crippen molar-refractivity contribution in [3.63, 3.8) is 0 Å². The molecule has 3 rings (SSSR count). The number of aromatic nitrogens is 1. The maximum absolute atomic E-state index is 5.77. The summed E-state index contributed by atoms with van der Waals surface area (Å²) in [6.45, 7) is 1.04. The van der Waals surface area contributed by atoms with Gasteiger partial charge in [-0.3, -0.25) is 0 Å². The summed E-state index contributed by atoms with van der Waals surface area (Å²) in [4.78, 5) is 0. The van der Waals surface area contributed by atoms with Gasteiger partial charge in [-0.15, -0.1) is 11.6 Å². The highest BCUT2D eigenvalue weighted by atomic mass is 35.5. The van der Waals surface area contributed by atoms with Crippen LogP contribution in [0.5, 0.6) is 0 Å². The van der Waals surface area contributed by atoms with Crippen LogP contribution in [0, 0.1) is 0 Å². The first-order valence-electron chi connectivity index (χ1n) is 6.44. The number of hydrogen-bond acceptors (Lipinski definition) is 0. The molecular weight excluding hydrogens is 242 g/mol. The first kappa shape index (κ1) is 11.6. The number of aryl methyl sites for hydroxylation is 1. The second kappa shape index (κ2) is 5.03. The third-order valence-corrected chi connectivity index (χ3v) is 3.71. The van der Waals surface area contributed by atoms with Crippen LogP contribution in [0.25, 0.3) is 21.8 Å². The summed E-state index contributed by atoms with van der Waals surface area (Å²) < 4.78 is 2.41. The molecular formula is C16H16ClN. The molecule has 0 unspecified atom stereocenters. The summed E-state index contributed by atoms with van der Waals surface area (Å²) in [5, 5.41) is 2.69. The van der Waals surface area contributed by atoms with Gasteiger partial charge in [0, 0.05) is 34.2 Å². The summed E-state index contributed by atoms with van der Waals surface area (Å²) in [6.07, 6.45) is 2.20. The fourth-order valence-electron chi connectivity index (χ4n) is 2.61. The minimum Gasteiger partial charge on any atom is -0.340 e. The van der Waals surface area contributed by atoms with Crippen molar-refractivity contribution in [3.8, 4) is 0 Å². The highest BCUT2D eigenvalue weighted by Crippen LogP contribution is 2.28. The summed E-state index contributed by atoms with van der Waals surface area (Å²) >= 11 is 5.77. The van der Waals surface area contributed by atoms with E-state index in [1.807, 2.05) is 0 Å². The monoisotopic (exact) mass is 257 g/mol. The van der Waals surface area contributed by atoms with Gasteiger partial charge in [-0.2, -0.15) is 0 Å². The molecule has 0 fully saturated rings. The molecule has 0 amide bonds. The van der Waals surface area contributed by atoms with E-state index in [-0.39, 0.29) is 0 Å². The Kier molecular flexibility index (Phi) is 3.24. The summed E-state index contributed by atoms with van der Waals surface area (Å²) in [7, 11) is 0. The van der Waals surface area contributed by atoms with Gasteiger partial charge in [0.2, 0.25) is 0 Å². The number of alkyl halides is 1. The molecule has 2 heteroatoms. The zero-order chi connectivity index (χ0) is 12.4. The first-order chi connectivity index (χ1) is 8.92. The molecule has 92 valence electrons. The van der Waals surface area contributed by atoms with E-state index in [2.05, 4.69) is 53.1 Å². The van der Waals surface area contributed by atoms with Gasteiger partial charge in [0.25, 0.3) is 0 Å². The number of unbranched alkanes of at least 4 members (excludes halogenated alkanes) is 1. The molecule has 1 heterocycles. The fraction of sp³-hybridized carbons (Fsp3) is 0.250. The topological polar surface area (TPSA) is 4.93 Å². The van der Waals surface area contributed by atoms with Crippen molar-refractivity contribution in [2.75, 3.05) is 5.88 Å². The molecule has 18 heavy (non-hydrogen) atoms. The second-order valence-electron chi connectivity index (χ2n) is 4.58. The van der Waals surface area contributed by atoms with Crippen molar-refractivity contribution in [1.82, 2.24) is 4.57 Å². The largest absolute Gasteiger partial charge is 0.340 e. The van der Waals surface area contributed by atoms with Crippen LogP contribution >= 0.6 is 11.6 Å². The van der Waals surface area contributed by atoms with Crippen LogP contribution < -0.4 is 0 Å². The van der Waals surface area contributed by atoms with Crippen molar-refractivity contribution >= 4 is 33.4 Å². The van der Waals surface area contributed by atoms with E-state index < -0.39 is 0 Å². The van der Waals surface area contributed by atoms with Crippen LogP contribution in [0.4, 0.5) is 0 Å². The van der Waals surface area contributed by atoms with Crippen molar-refractivity contribution < 1.29 is 0 Å². The van der Waals surface area contributed by atoms with Gasteiger partial charge in [-0.05, 0) is 25.0 Å². The highest BCUT2D eigenvalue weighted by molar-refractivity contribution is 6.17. The van der Waals surface area contributed by atoms with Gasteiger partial charge in [0.15, 0.2) is 0 Å². The lowest BCUT2D eigenvalue weighted by molar-refractivity contribution is 0.667. The van der Waals surface area contributed by atoms with Gasteiger partial charge in [0.05, 0.1) is 0 Å². The maximum Gasteiger partial charge on any atom is 0.0491 e. The molecule has 0 atom stereocenters. The molecule has 0 saturated carbocycles. The van der Waals surface area contributed by atoms with Crippen molar-refractivity contribution in [2.45, 2.75) is 19.4 Å². The van der Waals surface area contributed by atoms with Gasteiger partial charge in [-0.1, -0.05) is 36.4 Å². The number of hydrogen-bond donors (Lipinski definition) is 0. The number of nitrogens with zero attached hydrogens (tertiary/aromatic N) is 1. The van der Waals surface area contributed by atoms with Gasteiger partial charge < -0.3 is 4.57 Å². The van der Waals surface area contributed by atoms with Gasteiger partial charge in [0.1, 0.15) is 0 Å². The predicted octanol–water partition coefficient (Wildman–Crippen LogP) is 4.81. The third-order valence-electron chi connectivity index (χ3n) is 3.45. The van der Waals surface area contributed by atoms with E-state index in [0.717, 1.165) is 25.3 Å². The van der Waals surface area contributed by atoms with Crippen molar-refractivity contribution in [3.05, 3.63) is 48.5 Å². The third kappa shape index (κ3) is 1.89. The van der Waals surface area contributed by atoms with Gasteiger partial charge in [-0.25, -0.2) is 0 Å². The zero-order valence-corrected chi connectivity index (χ0v) is 11.0. The number of halogens is 1. The Labute approximate surface area is 112 Å². The highest BCUT2D eigenvalue weighted by Gasteiger charge is 2.08. The molecule has 0 spiro atoms. The van der Waals surface area contributed by atoms with E-state index in [1.165, 1.54) is 21.8 Å². The summed E-state index contributed by atoms with van der Waals surface area (Å²) in [5.41, 5.74) is 2.65. The molecule has 0 N–H and O–H groups in total. The van der Waals surface area contributed by atoms with Crippen LogP contribution in [0.2, 0.25) is 0 Å². The van der Waals surface area contributed by atoms with Gasteiger partial charge >= 0.3 is 0 Å². The minimum atomic E-state index is 0.747. The lowest BCUT2D eigenvalue weighted by Crippen LogP contribution is -1.97. The number of benzene rings is 2. The lowest BCUT2D eigenvalue weighted by atomic mass is 10.2. The molecule has 0 saturated heterocycles. The molecule has 3 aromatic rings. The molecule has 1 nitrogen and oxygen atoms in total. The smallest absolute Gasteiger partial charge is 0.0491 e. The van der Waals surface area contributed by atoms with Crippen LogP contribution in [0.3, 0.4) is 0 Å². The number of para-hydroxylation sites is 2. The molecule has 2 aromatic carbocycles. The van der Waals surface area contributed by atoms with E-state index in [1.54, 1.807) is 0 Å². The average molecular weight is 258 g/mol. The first-order valence-corrected chi connectivity index (χ1v) is 6.97. The number of fused-ring (bicyclic) bond motifs is 3. The maximum atomic E-state index is 5.77. The fourth-order valence-corrected chi connectivity index (χ4v) is 2.80. The zero-order valence-electron chi connectivity index (χ0n) is 10.3. The Morgan fingerprint density at radius 2 is 1.33 bits per heavy atom. The molecule has 0 radical (unpaired) electrons. The number of rotatable bonds is 4. The molecule has 0 aliphatic heterocycles. The summed E-state index contributed by atoms with van der Waals surface area (Å²) in [5.74, 6) is 0.747. The molecule has 1 aromatic heterocycles. The Bertz CT molecular complexity index is 616.